The third-order valence-corrected chi connectivity index (χ3v) is 9.52. The molecule has 0 saturated carbocycles. The molecule has 4 aliphatic heterocycles. The molecule has 4 fully saturated rings. The molecule has 4 saturated heterocycles. The molecule has 0 aromatic carbocycles. The SMILES string of the molecule is C=C1CC(CO)OC1CC[C@H]1C[C@@H](C)C(=C)C(C[C@@H]2O[C@H]3C[C@@H](C)[C@@H](CCC)O[C@H]3[C@H](C)[C@H]2C)O1. The minimum Gasteiger partial charge on any atom is -0.394 e. The van der Waals surface area contributed by atoms with Crippen molar-refractivity contribution in [3.8, 4) is 0 Å². The van der Waals surface area contributed by atoms with Crippen molar-refractivity contribution in [1.82, 2.24) is 0 Å². The molecule has 35 heavy (non-hydrogen) atoms. The zero-order valence-corrected chi connectivity index (χ0v) is 22.8. The van der Waals surface area contributed by atoms with Gasteiger partial charge in [-0.1, -0.05) is 54.2 Å². The zero-order chi connectivity index (χ0) is 25.3. The molecular weight excluding hydrogens is 440 g/mol. The Labute approximate surface area is 213 Å². The van der Waals surface area contributed by atoms with Gasteiger partial charge in [-0.2, -0.15) is 0 Å². The molecule has 0 amide bonds. The lowest BCUT2D eigenvalue weighted by Gasteiger charge is -2.51. The first kappa shape index (κ1) is 27.3. The molecular formula is C30H50O5. The van der Waals surface area contributed by atoms with Crippen molar-refractivity contribution < 1.29 is 24.1 Å². The summed E-state index contributed by atoms with van der Waals surface area (Å²) in [6.07, 6.45) is 9.00. The number of ether oxygens (including phenoxy) is 4. The predicted octanol–water partition coefficient (Wildman–Crippen LogP) is 5.85. The van der Waals surface area contributed by atoms with Gasteiger partial charge in [0.2, 0.25) is 0 Å². The first-order chi connectivity index (χ1) is 16.7. The molecule has 0 radical (unpaired) electrons. The molecule has 0 aromatic rings. The quantitative estimate of drug-likeness (QED) is 0.433. The number of aliphatic hydroxyl groups is 1. The third-order valence-electron chi connectivity index (χ3n) is 9.52. The number of hydrogen-bond donors (Lipinski definition) is 1. The second-order valence-electron chi connectivity index (χ2n) is 12.1. The average molecular weight is 491 g/mol. The van der Waals surface area contributed by atoms with Crippen molar-refractivity contribution in [2.45, 2.75) is 135 Å². The van der Waals surface area contributed by atoms with E-state index in [0.29, 0.717) is 29.8 Å². The summed E-state index contributed by atoms with van der Waals surface area (Å²) in [5.74, 6) is 1.87. The van der Waals surface area contributed by atoms with Gasteiger partial charge in [-0.25, -0.2) is 0 Å². The predicted molar refractivity (Wildman–Crippen MR) is 139 cm³/mol. The summed E-state index contributed by atoms with van der Waals surface area (Å²) in [6.45, 7) is 20.2. The van der Waals surface area contributed by atoms with Crippen LogP contribution >= 0.6 is 0 Å². The van der Waals surface area contributed by atoms with E-state index in [0.717, 1.165) is 50.5 Å². The van der Waals surface area contributed by atoms with Gasteiger partial charge in [-0.15, -0.1) is 0 Å². The normalized spacial score (nSPS) is 46.6. The fraction of sp³-hybridized carbons (Fsp3) is 0.867. The van der Waals surface area contributed by atoms with Gasteiger partial charge in [-0.3, -0.25) is 0 Å². The van der Waals surface area contributed by atoms with E-state index in [2.05, 4.69) is 47.8 Å². The molecule has 5 nitrogen and oxygen atoms in total. The van der Waals surface area contributed by atoms with Crippen molar-refractivity contribution in [3.05, 3.63) is 24.3 Å². The summed E-state index contributed by atoms with van der Waals surface area (Å²) in [5, 5.41) is 9.42. The lowest BCUT2D eigenvalue weighted by atomic mass is 9.74. The van der Waals surface area contributed by atoms with Gasteiger partial charge in [0.15, 0.2) is 0 Å². The molecule has 0 aromatic heterocycles. The first-order valence-electron chi connectivity index (χ1n) is 14.3. The van der Waals surface area contributed by atoms with E-state index in [4.69, 9.17) is 18.9 Å². The summed E-state index contributed by atoms with van der Waals surface area (Å²) in [7, 11) is 0. The highest BCUT2D eigenvalue weighted by Gasteiger charge is 2.48. The molecule has 5 heteroatoms. The standard InChI is InChI=1S/C30H50O5/c1-8-9-25-19(4)14-29-30(35-25)22(7)21(6)28(34-29)15-27-20(5)17(2)12-23(32-27)10-11-26-18(3)13-24(16-31)33-26/h17,19,21-31H,3,5,8-16H2,1-2,4,6-7H3/t17-,19-,21-,22-,23+,24?,25-,26?,27?,28+,29+,30+/m1/s1. The molecule has 3 unspecified atom stereocenters. The maximum Gasteiger partial charge on any atom is 0.0869 e. The Balaban J connectivity index is 1.35. The summed E-state index contributed by atoms with van der Waals surface area (Å²) in [4.78, 5) is 0. The van der Waals surface area contributed by atoms with Crippen LogP contribution in [0, 0.1) is 23.7 Å². The van der Waals surface area contributed by atoms with Crippen LogP contribution in [0.2, 0.25) is 0 Å². The smallest absolute Gasteiger partial charge is 0.0869 e. The van der Waals surface area contributed by atoms with E-state index in [9.17, 15) is 5.11 Å². The minimum atomic E-state index is -0.0919. The van der Waals surface area contributed by atoms with Gasteiger partial charge in [-0.05, 0) is 73.3 Å². The summed E-state index contributed by atoms with van der Waals surface area (Å²) in [6, 6.07) is 0. The van der Waals surface area contributed by atoms with Crippen molar-refractivity contribution >= 4 is 0 Å². The number of hydrogen-bond acceptors (Lipinski definition) is 5. The highest BCUT2D eigenvalue weighted by atomic mass is 16.6. The van der Waals surface area contributed by atoms with E-state index in [1.165, 1.54) is 12.0 Å². The van der Waals surface area contributed by atoms with Crippen LogP contribution in [-0.4, -0.2) is 60.5 Å². The van der Waals surface area contributed by atoms with Gasteiger partial charge >= 0.3 is 0 Å². The maximum absolute atomic E-state index is 9.42. The van der Waals surface area contributed by atoms with Crippen LogP contribution in [0.25, 0.3) is 0 Å². The van der Waals surface area contributed by atoms with Crippen molar-refractivity contribution in [2.24, 2.45) is 23.7 Å². The van der Waals surface area contributed by atoms with E-state index in [1.807, 2.05) is 0 Å². The minimum absolute atomic E-state index is 0.0348. The maximum atomic E-state index is 9.42. The van der Waals surface area contributed by atoms with E-state index >= 15 is 0 Å². The molecule has 4 heterocycles. The Hall–Kier alpha value is -0.720. The Morgan fingerprint density at radius 3 is 2.26 bits per heavy atom. The fourth-order valence-electron chi connectivity index (χ4n) is 6.92. The van der Waals surface area contributed by atoms with E-state index < -0.39 is 0 Å². The van der Waals surface area contributed by atoms with E-state index in [1.54, 1.807) is 0 Å². The van der Waals surface area contributed by atoms with Crippen LogP contribution < -0.4 is 0 Å². The van der Waals surface area contributed by atoms with Gasteiger partial charge in [0.05, 0.1) is 55.4 Å². The van der Waals surface area contributed by atoms with Gasteiger partial charge in [0.25, 0.3) is 0 Å². The molecule has 1 N–H and O–H groups in total. The van der Waals surface area contributed by atoms with Crippen LogP contribution in [-0.2, 0) is 18.9 Å². The Morgan fingerprint density at radius 1 is 0.829 bits per heavy atom. The van der Waals surface area contributed by atoms with Crippen LogP contribution in [0.1, 0.15) is 86.0 Å². The Morgan fingerprint density at radius 2 is 1.57 bits per heavy atom. The van der Waals surface area contributed by atoms with Crippen molar-refractivity contribution in [2.75, 3.05) is 6.61 Å². The lowest BCUT2D eigenvalue weighted by molar-refractivity contribution is -0.244. The van der Waals surface area contributed by atoms with Gasteiger partial charge in [0.1, 0.15) is 0 Å². The summed E-state index contributed by atoms with van der Waals surface area (Å²) < 4.78 is 26.0. The van der Waals surface area contributed by atoms with Crippen molar-refractivity contribution in [1.29, 1.82) is 0 Å². The second kappa shape index (κ2) is 11.8. The average Bonchev–Trinajstić information content (AvgIpc) is 3.19. The molecule has 0 bridgehead atoms. The fourth-order valence-corrected chi connectivity index (χ4v) is 6.92. The van der Waals surface area contributed by atoms with Crippen LogP contribution in [0.4, 0.5) is 0 Å². The Kier molecular flexibility index (Phi) is 9.19. The van der Waals surface area contributed by atoms with Crippen LogP contribution in [0.3, 0.4) is 0 Å². The number of rotatable bonds is 8. The van der Waals surface area contributed by atoms with Crippen LogP contribution in [0.15, 0.2) is 24.3 Å². The Bertz CT molecular complexity index is 736. The van der Waals surface area contributed by atoms with Crippen molar-refractivity contribution in [3.63, 3.8) is 0 Å². The van der Waals surface area contributed by atoms with E-state index in [-0.39, 0.29) is 49.3 Å². The summed E-state index contributed by atoms with van der Waals surface area (Å²) in [5.41, 5.74) is 2.32. The molecule has 200 valence electrons. The largest absolute Gasteiger partial charge is 0.394 e. The molecule has 12 atom stereocenters. The highest BCUT2D eigenvalue weighted by molar-refractivity contribution is 5.12. The highest BCUT2D eigenvalue weighted by Crippen LogP contribution is 2.44. The van der Waals surface area contributed by atoms with Crippen LogP contribution in [0.5, 0.6) is 0 Å². The number of aliphatic hydroxyl groups excluding tert-OH is 1. The number of fused-ring (bicyclic) bond motifs is 1. The zero-order valence-electron chi connectivity index (χ0n) is 22.8. The lowest BCUT2D eigenvalue weighted by Crippen LogP contribution is -2.56. The second-order valence-corrected chi connectivity index (χ2v) is 12.1. The molecule has 4 rings (SSSR count). The summed E-state index contributed by atoms with van der Waals surface area (Å²) >= 11 is 0. The van der Waals surface area contributed by atoms with Gasteiger partial charge in [0, 0.05) is 6.42 Å². The van der Waals surface area contributed by atoms with Gasteiger partial charge < -0.3 is 24.1 Å². The molecule has 0 aliphatic carbocycles. The first-order valence-corrected chi connectivity index (χ1v) is 14.3. The molecule has 4 aliphatic rings. The monoisotopic (exact) mass is 490 g/mol. The topological polar surface area (TPSA) is 57.2 Å². The molecule has 0 spiro atoms. The third kappa shape index (κ3) is 6.06.